The number of carbonyl (C=O) groups excluding carboxylic acids is 2. The van der Waals surface area contributed by atoms with Gasteiger partial charge in [-0.25, -0.2) is 4.79 Å². The Kier molecular flexibility index (Phi) is 4.05. The molecule has 4 heteroatoms. The van der Waals surface area contributed by atoms with Crippen molar-refractivity contribution in [1.29, 1.82) is 0 Å². The van der Waals surface area contributed by atoms with Crippen molar-refractivity contribution in [3.05, 3.63) is 29.6 Å². The SMILES string of the molecule is COC(=O)c1ccncc1C#CCC=O. The molecule has 1 rings (SSSR count). The maximum atomic E-state index is 11.3. The van der Waals surface area contributed by atoms with E-state index in [-0.39, 0.29) is 6.42 Å². The molecule has 0 unspecified atom stereocenters. The van der Waals surface area contributed by atoms with Gasteiger partial charge in [-0.15, -0.1) is 0 Å². The van der Waals surface area contributed by atoms with Gasteiger partial charge in [0.1, 0.15) is 6.29 Å². The molecule has 0 radical (unpaired) electrons. The fraction of sp³-hybridized carbons (Fsp3) is 0.182. The van der Waals surface area contributed by atoms with Crippen molar-refractivity contribution < 1.29 is 14.3 Å². The summed E-state index contributed by atoms with van der Waals surface area (Å²) in [6.45, 7) is 0. The second-order valence-corrected chi connectivity index (χ2v) is 2.59. The van der Waals surface area contributed by atoms with E-state index in [4.69, 9.17) is 0 Å². The van der Waals surface area contributed by atoms with Gasteiger partial charge in [0, 0.05) is 12.4 Å². The second-order valence-electron chi connectivity index (χ2n) is 2.59. The highest BCUT2D eigenvalue weighted by atomic mass is 16.5. The number of aromatic nitrogens is 1. The number of pyridine rings is 1. The first kappa shape index (κ1) is 10.9. The van der Waals surface area contributed by atoms with Crippen molar-refractivity contribution in [1.82, 2.24) is 4.98 Å². The fourth-order valence-electron chi connectivity index (χ4n) is 0.970. The minimum atomic E-state index is -0.465. The summed E-state index contributed by atoms with van der Waals surface area (Å²) in [7, 11) is 1.30. The molecular formula is C11H9NO3. The number of hydrogen-bond donors (Lipinski definition) is 0. The highest BCUT2D eigenvalue weighted by Crippen LogP contribution is 2.06. The van der Waals surface area contributed by atoms with E-state index in [1.807, 2.05) is 0 Å². The predicted octanol–water partition coefficient (Wildman–Crippen LogP) is 0.809. The molecule has 15 heavy (non-hydrogen) atoms. The Balaban J connectivity index is 3.02. The van der Waals surface area contributed by atoms with Crippen molar-refractivity contribution in [2.45, 2.75) is 6.42 Å². The molecule has 0 aliphatic heterocycles. The largest absolute Gasteiger partial charge is 0.465 e. The van der Waals surface area contributed by atoms with Crippen molar-refractivity contribution in [2.75, 3.05) is 7.11 Å². The monoisotopic (exact) mass is 203 g/mol. The first-order valence-electron chi connectivity index (χ1n) is 4.24. The first-order valence-corrected chi connectivity index (χ1v) is 4.24. The summed E-state index contributed by atoms with van der Waals surface area (Å²) in [6.07, 6.45) is 3.78. The number of carbonyl (C=O) groups is 2. The number of rotatable bonds is 2. The topological polar surface area (TPSA) is 56.3 Å². The summed E-state index contributed by atoms with van der Waals surface area (Å²) >= 11 is 0. The summed E-state index contributed by atoms with van der Waals surface area (Å²) in [5, 5.41) is 0. The summed E-state index contributed by atoms with van der Waals surface area (Å²) < 4.78 is 4.58. The number of hydrogen-bond acceptors (Lipinski definition) is 4. The Morgan fingerprint density at radius 3 is 3.13 bits per heavy atom. The van der Waals surface area contributed by atoms with E-state index in [1.54, 1.807) is 0 Å². The molecule has 1 heterocycles. The van der Waals surface area contributed by atoms with E-state index in [1.165, 1.54) is 25.6 Å². The molecule has 0 saturated carbocycles. The lowest BCUT2D eigenvalue weighted by atomic mass is 10.1. The summed E-state index contributed by atoms with van der Waals surface area (Å²) in [4.78, 5) is 25.2. The van der Waals surface area contributed by atoms with Crippen LogP contribution in [0, 0.1) is 11.8 Å². The molecule has 0 bridgehead atoms. The molecular weight excluding hydrogens is 194 g/mol. The van der Waals surface area contributed by atoms with Crippen LogP contribution in [0.4, 0.5) is 0 Å². The highest BCUT2D eigenvalue weighted by molar-refractivity contribution is 5.92. The summed E-state index contributed by atoms with van der Waals surface area (Å²) in [5.41, 5.74) is 0.817. The predicted molar refractivity (Wildman–Crippen MR) is 53.1 cm³/mol. The van der Waals surface area contributed by atoms with Crippen LogP contribution >= 0.6 is 0 Å². The minimum Gasteiger partial charge on any atom is -0.465 e. The van der Waals surface area contributed by atoms with Crippen LogP contribution in [0.3, 0.4) is 0 Å². The minimum absolute atomic E-state index is 0.134. The van der Waals surface area contributed by atoms with Gasteiger partial charge in [-0.3, -0.25) is 4.98 Å². The van der Waals surface area contributed by atoms with E-state index < -0.39 is 5.97 Å². The van der Waals surface area contributed by atoms with E-state index in [0.29, 0.717) is 17.4 Å². The molecule has 0 spiro atoms. The Bertz CT molecular complexity index is 429. The van der Waals surface area contributed by atoms with Gasteiger partial charge in [0.25, 0.3) is 0 Å². The van der Waals surface area contributed by atoms with Crippen molar-refractivity contribution in [3.8, 4) is 11.8 Å². The third-order valence-corrected chi connectivity index (χ3v) is 1.63. The van der Waals surface area contributed by atoms with Crippen LogP contribution < -0.4 is 0 Å². The standard InChI is InChI=1S/C11H9NO3/c1-15-11(14)10-5-6-12-8-9(10)4-2-3-7-13/h5-8H,3H2,1H3. The molecule has 76 valence electrons. The molecule has 0 saturated heterocycles. The quantitative estimate of drug-likeness (QED) is 0.405. The number of esters is 1. The zero-order valence-corrected chi connectivity index (χ0v) is 8.19. The maximum Gasteiger partial charge on any atom is 0.339 e. The molecule has 1 aromatic heterocycles. The zero-order chi connectivity index (χ0) is 11.1. The third kappa shape index (κ3) is 2.92. The van der Waals surface area contributed by atoms with E-state index in [0.717, 1.165) is 0 Å². The number of aldehydes is 1. The first-order chi connectivity index (χ1) is 7.29. The van der Waals surface area contributed by atoms with Crippen LogP contribution in [-0.4, -0.2) is 24.3 Å². The van der Waals surface area contributed by atoms with Crippen LogP contribution in [0.5, 0.6) is 0 Å². The molecule has 0 fully saturated rings. The average molecular weight is 203 g/mol. The second kappa shape index (κ2) is 5.55. The molecule has 4 nitrogen and oxygen atoms in total. The molecule has 1 aromatic rings. The van der Waals surface area contributed by atoms with Crippen LogP contribution in [0.25, 0.3) is 0 Å². The molecule has 0 aromatic carbocycles. The molecule has 0 aliphatic carbocycles. The summed E-state index contributed by atoms with van der Waals surface area (Å²) in [6, 6.07) is 1.52. The Hall–Kier alpha value is -2.15. The van der Waals surface area contributed by atoms with Gasteiger partial charge >= 0.3 is 5.97 Å². The average Bonchev–Trinajstić information content (AvgIpc) is 2.29. The van der Waals surface area contributed by atoms with E-state index in [2.05, 4.69) is 21.6 Å². The lowest BCUT2D eigenvalue weighted by Gasteiger charge is -2.00. The molecule has 0 atom stereocenters. The van der Waals surface area contributed by atoms with Crippen LogP contribution in [0.15, 0.2) is 18.5 Å². The van der Waals surface area contributed by atoms with Gasteiger partial charge in [0.15, 0.2) is 0 Å². The molecule has 0 N–H and O–H groups in total. The van der Waals surface area contributed by atoms with Gasteiger partial charge in [-0.05, 0) is 6.07 Å². The third-order valence-electron chi connectivity index (χ3n) is 1.63. The van der Waals surface area contributed by atoms with Gasteiger partial charge in [0.05, 0.1) is 24.7 Å². The number of methoxy groups -OCH3 is 1. The normalized spacial score (nSPS) is 8.60. The van der Waals surface area contributed by atoms with Crippen LogP contribution in [0.2, 0.25) is 0 Å². The Morgan fingerprint density at radius 2 is 2.47 bits per heavy atom. The summed E-state index contributed by atoms with van der Waals surface area (Å²) in [5.74, 6) is 4.82. The van der Waals surface area contributed by atoms with Crippen molar-refractivity contribution in [2.24, 2.45) is 0 Å². The lowest BCUT2D eigenvalue weighted by molar-refractivity contribution is -0.107. The number of ether oxygens (including phenoxy) is 1. The Morgan fingerprint density at radius 1 is 1.67 bits per heavy atom. The van der Waals surface area contributed by atoms with Crippen LogP contribution in [-0.2, 0) is 9.53 Å². The number of nitrogens with zero attached hydrogens (tertiary/aromatic N) is 1. The van der Waals surface area contributed by atoms with Gasteiger partial charge in [-0.2, -0.15) is 0 Å². The smallest absolute Gasteiger partial charge is 0.339 e. The van der Waals surface area contributed by atoms with Crippen LogP contribution in [0.1, 0.15) is 22.3 Å². The van der Waals surface area contributed by atoms with Crippen molar-refractivity contribution >= 4 is 12.3 Å². The maximum absolute atomic E-state index is 11.3. The highest BCUT2D eigenvalue weighted by Gasteiger charge is 2.09. The fourth-order valence-corrected chi connectivity index (χ4v) is 0.970. The molecule has 0 aliphatic rings. The van der Waals surface area contributed by atoms with Crippen molar-refractivity contribution in [3.63, 3.8) is 0 Å². The molecule has 0 amide bonds. The van der Waals surface area contributed by atoms with E-state index in [9.17, 15) is 9.59 Å². The van der Waals surface area contributed by atoms with Gasteiger partial charge in [-0.1, -0.05) is 11.8 Å². The zero-order valence-electron chi connectivity index (χ0n) is 8.19. The van der Waals surface area contributed by atoms with Gasteiger partial charge < -0.3 is 9.53 Å². The Labute approximate surface area is 87.3 Å². The van der Waals surface area contributed by atoms with Gasteiger partial charge in [0.2, 0.25) is 0 Å². The lowest BCUT2D eigenvalue weighted by Crippen LogP contribution is -2.04. The van der Waals surface area contributed by atoms with E-state index >= 15 is 0 Å².